The topological polar surface area (TPSA) is 65.6 Å². The van der Waals surface area contributed by atoms with Crippen molar-refractivity contribution in [1.82, 2.24) is 16.3 Å². The highest BCUT2D eigenvalue weighted by Crippen LogP contribution is 2.43. The summed E-state index contributed by atoms with van der Waals surface area (Å²) < 4.78 is 5.32. The van der Waals surface area contributed by atoms with Crippen LogP contribution < -0.4 is 21.3 Å². The summed E-state index contributed by atoms with van der Waals surface area (Å²) >= 11 is 0. The maximum absolute atomic E-state index is 12.0. The first kappa shape index (κ1) is 14.8. The lowest BCUT2D eigenvalue weighted by molar-refractivity contribution is 0.184. The molecule has 1 fully saturated rings. The maximum atomic E-state index is 12.0. The fraction of sp³-hybridized carbons (Fsp3) is 0.500. The molecule has 0 aliphatic heterocycles. The van der Waals surface area contributed by atoms with Crippen LogP contribution in [0.1, 0.15) is 29.9 Å². The van der Waals surface area contributed by atoms with Gasteiger partial charge in [-0.15, -0.1) is 0 Å². The smallest absolute Gasteiger partial charge is 0.337 e. The lowest BCUT2D eigenvalue weighted by atomic mass is 10.0. The standard InChI is InChI=1S/C14H22N4O2/c1-15-14(19)18(17-16-2)13-6-4-5-11(10-7-8-10)12(13)9-20-3/h4-6,10,16-17H,7-9H2,1-3H3,(H,15,19). The third kappa shape index (κ3) is 3.09. The Balaban J connectivity index is 2.41. The monoisotopic (exact) mass is 278 g/mol. The van der Waals surface area contributed by atoms with Crippen molar-refractivity contribution in [2.75, 3.05) is 26.2 Å². The van der Waals surface area contributed by atoms with Crippen molar-refractivity contribution in [3.05, 3.63) is 29.3 Å². The maximum Gasteiger partial charge on any atom is 0.337 e. The first-order chi connectivity index (χ1) is 9.72. The number of nitrogens with zero attached hydrogens (tertiary/aromatic N) is 1. The minimum absolute atomic E-state index is 0.232. The molecule has 1 aliphatic carbocycles. The van der Waals surface area contributed by atoms with Crippen LogP contribution in [-0.2, 0) is 11.3 Å². The Morgan fingerprint density at radius 1 is 1.40 bits per heavy atom. The van der Waals surface area contributed by atoms with E-state index in [1.54, 1.807) is 21.2 Å². The van der Waals surface area contributed by atoms with Gasteiger partial charge in [-0.25, -0.2) is 15.2 Å². The normalized spacial score (nSPS) is 14.2. The third-order valence-electron chi connectivity index (χ3n) is 3.37. The van der Waals surface area contributed by atoms with Gasteiger partial charge in [0.15, 0.2) is 0 Å². The van der Waals surface area contributed by atoms with Gasteiger partial charge < -0.3 is 10.1 Å². The number of benzene rings is 1. The van der Waals surface area contributed by atoms with Crippen LogP contribution in [0.5, 0.6) is 0 Å². The zero-order chi connectivity index (χ0) is 14.5. The molecule has 1 saturated carbocycles. The number of hydrogen-bond acceptors (Lipinski definition) is 4. The second-order valence-corrected chi connectivity index (χ2v) is 4.80. The van der Waals surface area contributed by atoms with E-state index >= 15 is 0 Å². The van der Waals surface area contributed by atoms with Crippen molar-refractivity contribution in [3.8, 4) is 0 Å². The molecule has 0 aromatic heterocycles. The number of methoxy groups -OCH3 is 1. The highest BCUT2D eigenvalue weighted by molar-refractivity contribution is 5.91. The Hall–Kier alpha value is -1.63. The van der Waals surface area contributed by atoms with E-state index in [0.717, 1.165) is 11.3 Å². The molecular weight excluding hydrogens is 256 g/mol. The van der Waals surface area contributed by atoms with E-state index in [-0.39, 0.29) is 6.03 Å². The van der Waals surface area contributed by atoms with Gasteiger partial charge in [0.1, 0.15) is 0 Å². The van der Waals surface area contributed by atoms with Crippen molar-refractivity contribution in [1.29, 1.82) is 0 Å². The minimum Gasteiger partial charge on any atom is -0.380 e. The fourth-order valence-corrected chi connectivity index (χ4v) is 2.32. The van der Waals surface area contributed by atoms with Gasteiger partial charge in [0.2, 0.25) is 0 Å². The van der Waals surface area contributed by atoms with E-state index < -0.39 is 0 Å². The number of rotatable bonds is 6. The summed E-state index contributed by atoms with van der Waals surface area (Å²) in [5, 5.41) is 4.08. The predicted octanol–water partition coefficient (Wildman–Crippen LogP) is 1.50. The van der Waals surface area contributed by atoms with Crippen LogP contribution in [0.15, 0.2) is 18.2 Å². The Labute approximate surface area is 119 Å². The van der Waals surface area contributed by atoms with Crippen molar-refractivity contribution in [2.24, 2.45) is 0 Å². The second-order valence-electron chi connectivity index (χ2n) is 4.80. The van der Waals surface area contributed by atoms with Gasteiger partial charge in [-0.2, -0.15) is 5.53 Å². The minimum atomic E-state index is -0.232. The molecule has 1 aromatic rings. The van der Waals surface area contributed by atoms with Gasteiger partial charge >= 0.3 is 6.03 Å². The van der Waals surface area contributed by atoms with Crippen LogP contribution in [0.2, 0.25) is 0 Å². The fourth-order valence-electron chi connectivity index (χ4n) is 2.32. The predicted molar refractivity (Wildman–Crippen MR) is 78.3 cm³/mol. The van der Waals surface area contributed by atoms with Crippen LogP contribution in [0.25, 0.3) is 0 Å². The number of carbonyl (C=O) groups excluding carboxylic acids is 1. The number of urea groups is 1. The first-order valence-corrected chi connectivity index (χ1v) is 6.77. The molecule has 2 rings (SSSR count). The largest absolute Gasteiger partial charge is 0.380 e. The second kappa shape index (κ2) is 6.69. The van der Waals surface area contributed by atoms with E-state index in [1.807, 2.05) is 12.1 Å². The summed E-state index contributed by atoms with van der Waals surface area (Å²) in [6.07, 6.45) is 2.42. The molecule has 1 aliphatic rings. The lowest BCUT2D eigenvalue weighted by Gasteiger charge is -2.26. The lowest BCUT2D eigenvalue weighted by Crippen LogP contribution is -2.52. The van der Waals surface area contributed by atoms with Gasteiger partial charge in [-0.1, -0.05) is 12.1 Å². The highest BCUT2D eigenvalue weighted by atomic mass is 16.5. The Morgan fingerprint density at radius 2 is 2.15 bits per heavy atom. The van der Waals surface area contributed by atoms with Crippen LogP contribution in [0.4, 0.5) is 10.5 Å². The molecule has 0 spiro atoms. The van der Waals surface area contributed by atoms with Crippen molar-refractivity contribution in [3.63, 3.8) is 0 Å². The molecule has 20 heavy (non-hydrogen) atoms. The summed E-state index contributed by atoms with van der Waals surface area (Å²) in [5.74, 6) is 0.598. The summed E-state index contributed by atoms with van der Waals surface area (Å²) in [6, 6.07) is 5.79. The number of ether oxygens (including phenoxy) is 1. The molecule has 0 radical (unpaired) electrons. The molecule has 0 saturated heterocycles. The Bertz CT molecular complexity index is 474. The number of amides is 2. The molecule has 6 heteroatoms. The van der Waals surface area contributed by atoms with Crippen LogP contribution >= 0.6 is 0 Å². The number of nitrogens with one attached hydrogen (secondary N) is 3. The molecule has 3 N–H and O–H groups in total. The van der Waals surface area contributed by atoms with Crippen LogP contribution in [-0.4, -0.2) is 27.2 Å². The van der Waals surface area contributed by atoms with Gasteiger partial charge in [0.25, 0.3) is 0 Å². The summed E-state index contributed by atoms with van der Waals surface area (Å²) in [4.78, 5) is 12.0. The van der Waals surface area contributed by atoms with Crippen molar-refractivity contribution < 1.29 is 9.53 Å². The van der Waals surface area contributed by atoms with E-state index in [0.29, 0.717) is 12.5 Å². The van der Waals surface area contributed by atoms with E-state index in [4.69, 9.17) is 4.74 Å². The third-order valence-corrected chi connectivity index (χ3v) is 3.37. The molecule has 6 nitrogen and oxygen atoms in total. The molecule has 2 amide bonds. The van der Waals surface area contributed by atoms with Gasteiger partial charge in [0, 0.05) is 26.8 Å². The zero-order valence-corrected chi connectivity index (χ0v) is 12.2. The molecule has 0 bridgehead atoms. The number of carbonyl (C=O) groups is 1. The average molecular weight is 278 g/mol. The van der Waals surface area contributed by atoms with Crippen LogP contribution in [0.3, 0.4) is 0 Å². The molecule has 110 valence electrons. The van der Waals surface area contributed by atoms with Gasteiger partial charge in [-0.05, 0) is 30.4 Å². The van der Waals surface area contributed by atoms with Gasteiger partial charge in [-0.3, -0.25) is 0 Å². The SMILES string of the molecule is CNNN(C(=O)NC)c1cccc(C2CC2)c1COC. The molecule has 1 aromatic carbocycles. The number of anilines is 1. The quantitative estimate of drug-likeness (QED) is 0.690. The summed E-state index contributed by atoms with van der Waals surface area (Å²) in [5.41, 5.74) is 8.78. The summed E-state index contributed by atoms with van der Waals surface area (Å²) in [7, 11) is 4.99. The molecule has 0 atom stereocenters. The number of hydrogen-bond donors (Lipinski definition) is 3. The first-order valence-electron chi connectivity index (χ1n) is 6.77. The Morgan fingerprint density at radius 3 is 2.70 bits per heavy atom. The molecule has 0 unspecified atom stereocenters. The number of hydrazine groups is 2. The molecule has 0 heterocycles. The zero-order valence-electron chi connectivity index (χ0n) is 12.2. The van der Waals surface area contributed by atoms with Gasteiger partial charge in [0.05, 0.1) is 12.3 Å². The van der Waals surface area contributed by atoms with E-state index in [2.05, 4.69) is 22.3 Å². The molecular formula is C14H22N4O2. The highest BCUT2D eigenvalue weighted by Gasteiger charge is 2.29. The van der Waals surface area contributed by atoms with E-state index in [9.17, 15) is 4.79 Å². The van der Waals surface area contributed by atoms with E-state index in [1.165, 1.54) is 23.4 Å². The van der Waals surface area contributed by atoms with Crippen LogP contribution in [0, 0.1) is 0 Å². The van der Waals surface area contributed by atoms with Crippen molar-refractivity contribution >= 4 is 11.7 Å². The average Bonchev–Trinajstić information content (AvgIpc) is 3.29. The Kier molecular flexibility index (Phi) is 4.94. The van der Waals surface area contributed by atoms with Crippen molar-refractivity contribution in [2.45, 2.75) is 25.4 Å². The summed E-state index contributed by atoms with van der Waals surface area (Å²) in [6.45, 7) is 0.487.